The van der Waals surface area contributed by atoms with E-state index in [0.29, 0.717) is 18.1 Å². The van der Waals surface area contributed by atoms with Gasteiger partial charge in [0.2, 0.25) is 0 Å². The molecule has 2 N–H and O–H groups in total. The van der Waals surface area contributed by atoms with Crippen LogP contribution in [-0.4, -0.2) is 46.1 Å². The number of amides is 1. The molecule has 0 saturated carbocycles. The fourth-order valence-corrected chi connectivity index (χ4v) is 5.00. The largest absolute Gasteiger partial charge is 0.459 e. The van der Waals surface area contributed by atoms with Crippen molar-refractivity contribution >= 4 is 23.0 Å². The summed E-state index contributed by atoms with van der Waals surface area (Å²) in [4.78, 5) is 24.0. The molecular formula is C21H31NO5S. The summed E-state index contributed by atoms with van der Waals surface area (Å²) in [5, 5.41) is 13.8. The van der Waals surface area contributed by atoms with Gasteiger partial charge in [-0.05, 0) is 44.9 Å². The average molecular weight is 410 g/mol. The molecule has 1 unspecified atom stereocenters. The first-order valence-electron chi connectivity index (χ1n) is 10.3. The van der Waals surface area contributed by atoms with Crippen LogP contribution >= 0.6 is 11.8 Å². The number of thioether (sulfide) groups is 1. The molecule has 156 valence electrons. The van der Waals surface area contributed by atoms with Crippen LogP contribution in [0.4, 0.5) is 4.79 Å². The highest BCUT2D eigenvalue weighted by molar-refractivity contribution is 8.14. The first-order valence-corrected chi connectivity index (χ1v) is 11.2. The molecule has 5 atom stereocenters. The highest BCUT2D eigenvalue weighted by Crippen LogP contribution is 2.37. The van der Waals surface area contributed by atoms with Crippen molar-refractivity contribution in [3.8, 4) is 0 Å². The lowest BCUT2D eigenvalue weighted by Crippen LogP contribution is -2.58. The Kier molecular flexibility index (Phi) is 7.23. The van der Waals surface area contributed by atoms with Gasteiger partial charge in [-0.15, -0.1) is 0 Å². The van der Waals surface area contributed by atoms with Crippen LogP contribution in [0.3, 0.4) is 0 Å². The molecule has 28 heavy (non-hydrogen) atoms. The summed E-state index contributed by atoms with van der Waals surface area (Å²) >= 11 is 1.14. The zero-order chi connectivity index (χ0) is 20.1. The summed E-state index contributed by atoms with van der Waals surface area (Å²) in [6, 6.07) is -0.493. The number of allylic oxidation sites excluding steroid dienone is 3. The van der Waals surface area contributed by atoms with E-state index in [0.717, 1.165) is 49.4 Å². The Balaban J connectivity index is 1.79. The fourth-order valence-electron chi connectivity index (χ4n) is 4.11. The topological polar surface area (TPSA) is 84.9 Å². The van der Waals surface area contributed by atoms with Crippen LogP contribution in [-0.2, 0) is 14.3 Å². The minimum atomic E-state index is -1.51. The van der Waals surface area contributed by atoms with Gasteiger partial charge in [0.05, 0.1) is 12.1 Å². The standard InChI is InChI=1S/C21H31NO5S/c1-3-15-7-5-4-6-14(2)10-19(23)26-17-11-16(9-8-15)27-21(25,12-17)18-13-28-20(24)22-18/h5,7,10,15-18,25H,3-4,6,8-9,11-13H2,1-2H3,(H,22,24)/t15-,16?,17-,18+,21-/m1/s1. The zero-order valence-corrected chi connectivity index (χ0v) is 17.5. The molecule has 0 aromatic carbocycles. The average Bonchev–Trinajstić information content (AvgIpc) is 3.07. The quantitative estimate of drug-likeness (QED) is 0.534. The van der Waals surface area contributed by atoms with E-state index in [4.69, 9.17) is 9.47 Å². The molecular weight excluding hydrogens is 378 g/mol. The summed E-state index contributed by atoms with van der Waals surface area (Å²) < 4.78 is 11.8. The van der Waals surface area contributed by atoms with Gasteiger partial charge in [-0.3, -0.25) is 4.79 Å². The molecule has 0 aromatic rings. The van der Waals surface area contributed by atoms with Gasteiger partial charge in [-0.1, -0.05) is 36.4 Å². The second kappa shape index (κ2) is 9.46. The summed E-state index contributed by atoms with van der Waals surface area (Å²) in [6.07, 6.45) is 10.6. The number of fused-ring (bicyclic) bond motifs is 2. The molecule has 3 rings (SSSR count). The number of aliphatic hydroxyl groups is 1. The van der Waals surface area contributed by atoms with Gasteiger partial charge < -0.3 is 19.9 Å². The third kappa shape index (κ3) is 5.61. The molecule has 3 aliphatic heterocycles. The van der Waals surface area contributed by atoms with Crippen LogP contribution in [0, 0.1) is 5.92 Å². The molecule has 2 fully saturated rings. The molecule has 2 saturated heterocycles. The molecule has 0 radical (unpaired) electrons. The Hall–Kier alpha value is -1.31. The highest BCUT2D eigenvalue weighted by atomic mass is 32.2. The second-order valence-electron chi connectivity index (χ2n) is 8.08. The van der Waals surface area contributed by atoms with Crippen LogP contribution in [0.1, 0.15) is 58.8 Å². The Morgan fingerprint density at radius 1 is 1.32 bits per heavy atom. The lowest BCUT2D eigenvalue weighted by atomic mass is 9.89. The molecule has 0 spiro atoms. The zero-order valence-electron chi connectivity index (χ0n) is 16.7. The number of ether oxygens (including phenoxy) is 2. The summed E-state index contributed by atoms with van der Waals surface area (Å²) in [5.41, 5.74) is 0.984. The third-order valence-corrected chi connectivity index (χ3v) is 6.66. The van der Waals surface area contributed by atoms with Crippen LogP contribution < -0.4 is 5.32 Å². The summed E-state index contributed by atoms with van der Waals surface area (Å²) in [7, 11) is 0. The lowest BCUT2D eigenvalue weighted by Gasteiger charge is -2.43. The van der Waals surface area contributed by atoms with Gasteiger partial charge in [-0.2, -0.15) is 0 Å². The van der Waals surface area contributed by atoms with Crippen molar-refractivity contribution in [2.24, 2.45) is 5.92 Å². The van der Waals surface area contributed by atoms with E-state index in [-0.39, 0.29) is 23.7 Å². The first-order chi connectivity index (χ1) is 13.4. The number of carbonyl (C=O) groups is 2. The van der Waals surface area contributed by atoms with Crippen LogP contribution in [0.2, 0.25) is 0 Å². The van der Waals surface area contributed by atoms with Gasteiger partial charge in [0.1, 0.15) is 6.10 Å². The van der Waals surface area contributed by atoms with E-state index in [2.05, 4.69) is 24.4 Å². The Labute approximate surface area is 171 Å². The minimum absolute atomic E-state index is 0.158. The predicted molar refractivity (Wildman–Crippen MR) is 109 cm³/mol. The van der Waals surface area contributed by atoms with E-state index in [1.807, 2.05) is 6.92 Å². The third-order valence-electron chi connectivity index (χ3n) is 5.78. The van der Waals surface area contributed by atoms with Gasteiger partial charge in [-0.25, -0.2) is 4.79 Å². The Bertz CT molecular complexity index is 649. The smallest absolute Gasteiger partial charge is 0.330 e. The van der Waals surface area contributed by atoms with Crippen molar-refractivity contribution in [1.82, 2.24) is 5.32 Å². The maximum atomic E-state index is 12.3. The first kappa shape index (κ1) is 21.4. The molecule has 0 aliphatic carbocycles. The SMILES string of the molecule is CC[C@@H]1C=CCCC(C)=CC(=O)O[C@@H]2CC(CC1)O[C@@](O)([C@@H]1CSC(=O)N1)C2. The van der Waals surface area contributed by atoms with Crippen molar-refractivity contribution < 1.29 is 24.2 Å². The van der Waals surface area contributed by atoms with E-state index >= 15 is 0 Å². The Morgan fingerprint density at radius 2 is 2.14 bits per heavy atom. The molecule has 3 heterocycles. The summed E-state index contributed by atoms with van der Waals surface area (Å²) in [6.45, 7) is 4.11. The summed E-state index contributed by atoms with van der Waals surface area (Å²) in [5.74, 6) is -0.973. The second-order valence-corrected chi connectivity index (χ2v) is 9.07. The van der Waals surface area contributed by atoms with E-state index in [1.165, 1.54) is 0 Å². The number of hydrogen-bond donors (Lipinski definition) is 2. The van der Waals surface area contributed by atoms with Crippen molar-refractivity contribution in [1.29, 1.82) is 0 Å². The van der Waals surface area contributed by atoms with E-state index < -0.39 is 17.9 Å². The number of nitrogens with one attached hydrogen (secondary N) is 1. The van der Waals surface area contributed by atoms with Crippen molar-refractivity contribution in [2.45, 2.75) is 82.8 Å². The fraction of sp³-hybridized carbons (Fsp3) is 0.714. The number of esters is 1. The van der Waals surface area contributed by atoms with Gasteiger partial charge in [0.15, 0.2) is 5.79 Å². The van der Waals surface area contributed by atoms with Crippen LogP contribution in [0.15, 0.2) is 23.8 Å². The monoisotopic (exact) mass is 409 g/mol. The van der Waals surface area contributed by atoms with Gasteiger partial charge in [0.25, 0.3) is 5.24 Å². The van der Waals surface area contributed by atoms with Gasteiger partial charge in [0, 0.05) is 24.7 Å². The molecule has 7 heteroatoms. The van der Waals surface area contributed by atoms with Gasteiger partial charge >= 0.3 is 5.97 Å². The Morgan fingerprint density at radius 3 is 2.86 bits per heavy atom. The molecule has 2 bridgehead atoms. The number of carbonyl (C=O) groups excluding carboxylic acids is 2. The van der Waals surface area contributed by atoms with E-state index in [1.54, 1.807) is 6.08 Å². The van der Waals surface area contributed by atoms with E-state index in [9.17, 15) is 14.7 Å². The van der Waals surface area contributed by atoms with Crippen molar-refractivity contribution in [3.05, 3.63) is 23.8 Å². The number of rotatable bonds is 2. The molecule has 6 nitrogen and oxygen atoms in total. The van der Waals surface area contributed by atoms with Crippen molar-refractivity contribution in [2.75, 3.05) is 5.75 Å². The van der Waals surface area contributed by atoms with Crippen LogP contribution in [0.5, 0.6) is 0 Å². The maximum Gasteiger partial charge on any atom is 0.330 e. The predicted octanol–water partition coefficient (Wildman–Crippen LogP) is 3.69. The lowest BCUT2D eigenvalue weighted by molar-refractivity contribution is -0.283. The molecule has 0 aromatic heterocycles. The van der Waals surface area contributed by atoms with Crippen molar-refractivity contribution in [3.63, 3.8) is 0 Å². The highest BCUT2D eigenvalue weighted by Gasteiger charge is 2.49. The minimum Gasteiger partial charge on any atom is -0.459 e. The number of hydrogen-bond acceptors (Lipinski definition) is 6. The normalized spacial score (nSPS) is 37.6. The van der Waals surface area contributed by atoms with Crippen LogP contribution in [0.25, 0.3) is 0 Å². The molecule has 1 amide bonds. The molecule has 3 aliphatic rings. The maximum absolute atomic E-state index is 12.3.